The van der Waals surface area contributed by atoms with E-state index >= 15 is 0 Å². The molecule has 8 heteroatoms. The van der Waals surface area contributed by atoms with Gasteiger partial charge in [-0.05, 0) is 23.3 Å². The number of rotatable bonds is 6. The second kappa shape index (κ2) is 11.0. The van der Waals surface area contributed by atoms with Gasteiger partial charge < -0.3 is 10.2 Å². The van der Waals surface area contributed by atoms with Gasteiger partial charge in [-0.1, -0.05) is 54.6 Å². The predicted octanol–water partition coefficient (Wildman–Crippen LogP) is 3.76. The molecule has 1 saturated heterocycles. The number of benzene rings is 2. The summed E-state index contributed by atoms with van der Waals surface area (Å²) >= 11 is 0. The van der Waals surface area contributed by atoms with E-state index in [4.69, 9.17) is 5.26 Å². The van der Waals surface area contributed by atoms with Crippen LogP contribution in [0.5, 0.6) is 0 Å². The molecule has 3 heterocycles. The Hall–Kier alpha value is -4.61. The summed E-state index contributed by atoms with van der Waals surface area (Å²) in [5.74, 6) is 0.852. The Kier molecular flexibility index (Phi) is 7.15. The third kappa shape index (κ3) is 5.47. The summed E-state index contributed by atoms with van der Waals surface area (Å²) in [4.78, 5) is 29.8. The molecule has 1 aliphatic heterocycles. The van der Waals surface area contributed by atoms with E-state index < -0.39 is 0 Å². The highest BCUT2D eigenvalue weighted by Gasteiger charge is 2.19. The fourth-order valence-electron chi connectivity index (χ4n) is 4.54. The van der Waals surface area contributed by atoms with Gasteiger partial charge in [0.05, 0.1) is 11.3 Å². The van der Waals surface area contributed by atoms with Gasteiger partial charge in [-0.25, -0.2) is 9.97 Å². The Labute approximate surface area is 216 Å². The van der Waals surface area contributed by atoms with Gasteiger partial charge in [-0.15, -0.1) is 0 Å². The fraction of sp³-hybridized carbons (Fsp3) is 0.207. The van der Waals surface area contributed by atoms with E-state index in [0.29, 0.717) is 5.56 Å². The van der Waals surface area contributed by atoms with Crippen molar-refractivity contribution in [2.75, 3.05) is 38.1 Å². The zero-order valence-electron chi connectivity index (χ0n) is 20.6. The van der Waals surface area contributed by atoms with Gasteiger partial charge in [-0.2, -0.15) is 5.26 Å². The Morgan fingerprint density at radius 3 is 2.43 bits per heavy atom. The Morgan fingerprint density at radius 1 is 0.973 bits per heavy atom. The number of anilines is 1. The Morgan fingerprint density at radius 2 is 1.73 bits per heavy atom. The normalized spacial score (nSPS) is 13.7. The number of nitrogens with one attached hydrogen (secondary N) is 1. The van der Waals surface area contributed by atoms with Crippen LogP contribution in [0, 0.1) is 11.3 Å². The SMILES string of the molecule is CNC(=O)c1cnc(-c2ccc(CN3CCN(c4ccnc(C#N)n4)CC3)cc2)c(-c2ccccc2)c1. The van der Waals surface area contributed by atoms with E-state index in [1.807, 2.05) is 48.5 Å². The van der Waals surface area contributed by atoms with Crippen molar-refractivity contribution >= 4 is 11.7 Å². The van der Waals surface area contributed by atoms with Crippen LogP contribution in [0.4, 0.5) is 5.82 Å². The smallest absolute Gasteiger partial charge is 0.252 e. The monoisotopic (exact) mass is 489 g/mol. The van der Waals surface area contributed by atoms with E-state index in [0.717, 1.165) is 60.9 Å². The number of carbonyl (C=O) groups is 1. The van der Waals surface area contributed by atoms with Crippen LogP contribution in [0.25, 0.3) is 22.4 Å². The summed E-state index contributed by atoms with van der Waals surface area (Å²) in [6.07, 6.45) is 3.27. The molecule has 1 fully saturated rings. The molecule has 37 heavy (non-hydrogen) atoms. The van der Waals surface area contributed by atoms with Crippen LogP contribution in [0.3, 0.4) is 0 Å². The Bertz CT molecular complexity index is 1420. The van der Waals surface area contributed by atoms with Gasteiger partial charge in [-0.3, -0.25) is 14.7 Å². The van der Waals surface area contributed by atoms with E-state index in [1.165, 1.54) is 5.56 Å². The number of nitrogens with zero attached hydrogens (tertiary/aromatic N) is 6. The van der Waals surface area contributed by atoms with Crippen LogP contribution in [0.2, 0.25) is 0 Å². The van der Waals surface area contributed by atoms with Gasteiger partial charge in [0.2, 0.25) is 5.82 Å². The molecule has 5 rings (SSSR count). The van der Waals surface area contributed by atoms with Crippen molar-refractivity contribution in [3.05, 3.63) is 96.1 Å². The molecule has 8 nitrogen and oxygen atoms in total. The molecule has 1 aliphatic rings. The average molecular weight is 490 g/mol. The molecule has 1 amide bonds. The second-order valence-corrected chi connectivity index (χ2v) is 8.88. The minimum absolute atomic E-state index is 0.156. The summed E-state index contributed by atoms with van der Waals surface area (Å²) in [5.41, 5.74) is 5.56. The first-order valence-corrected chi connectivity index (χ1v) is 12.2. The van der Waals surface area contributed by atoms with Gasteiger partial charge in [0.15, 0.2) is 0 Å². The lowest BCUT2D eigenvalue weighted by molar-refractivity contribution is 0.0963. The lowest BCUT2D eigenvalue weighted by atomic mass is 9.97. The van der Waals surface area contributed by atoms with Crippen LogP contribution in [0.1, 0.15) is 21.7 Å². The molecule has 0 spiro atoms. The summed E-state index contributed by atoms with van der Waals surface area (Å²) in [7, 11) is 1.62. The quantitative estimate of drug-likeness (QED) is 0.440. The molecular weight excluding hydrogens is 462 g/mol. The number of nitriles is 1. The van der Waals surface area contributed by atoms with Crippen LogP contribution in [0.15, 0.2) is 79.1 Å². The maximum absolute atomic E-state index is 12.2. The summed E-state index contributed by atoms with van der Waals surface area (Å²) in [6, 6.07) is 24.3. The summed E-state index contributed by atoms with van der Waals surface area (Å²) < 4.78 is 0. The van der Waals surface area contributed by atoms with E-state index in [2.05, 4.69) is 54.3 Å². The highest BCUT2D eigenvalue weighted by Crippen LogP contribution is 2.31. The van der Waals surface area contributed by atoms with Crippen molar-refractivity contribution in [3.63, 3.8) is 0 Å². The summed E-state index contributed by atoms with van der Waals surface area (Å²) in [5, 5.41) is 11.7. The molecule has 184 valence electrons. The van der Waals surface area contributed by atoms with Gasteiger partial charge in [0.1, 0.15) is 11.9 Å². The maximum Gasteiger partial charge on any atom is 0.252 e. The molecule has 0 saturated carbocycles. The van der Waals surface area contributed by atoms with Crippen molar-refractivity contribution < 1.29 is 4.79 Å². The lowest BCUT2D eigenvalue weighted by Gasteiger charge is -2.35. The molecule has 0 unspecified atom stereocenters. The number of aromatic nitrogens is 3. The molecular formula is C29H27N7O. The van der Waals surface area contributed by atoms with Gasteiger partial charge in [0, 0.05) is 63.3 Å². The fourth-order valence-corrected chi connectivity index (χ4v) is 4.54. The van der Waals surface area contributed by atoms with E-state index in [-0.39, 0.29) is 11.7 Å². The van der Waals surface area contributed by atoms with Crippen LogP contribution < -0.4 is 10.2 Å². The summed E-state index contributed by atoms with van der Waals surface area (Å²) in [6.45, 7) is 4.38. The minimum atomic E-state index is -0.156. The third-order valence-electron chi connectivity index (χ3n) is 6.53. The van der Waals surface area contributed by atoms with Crippen molar-refractivity contribution in [3.8, 4) is 28.5 Å². The van der Waals surface area contributed by atoms with E-state index in [9.17, 15) is 4.79 Å². The molecule has 0 bridgehead atoms. The van der Waals surface area contributed by atoms with Crippen molar-refractivity contribution in [2.45, 2.75) is 6.54 Å². The number of hydrogen-bond donors (Lipinski definition) is 1. The van der Waals surface area contributed by atoms with Crippen LogP contribution in [-0.4, -0.2) is 59.0 Å². The first-order valence-electron chi connectivity index (χ1n) is 12.2. The van der Waals surface area contributed by atoms with Crippen LogP contribution in [-0.2, 0) is 6.54 Å². The third-order valence-corrected chi connectivity index (χ3v) is 6.53. The predicted molar refractivity (Wildman–Crippen MR) is 143 cm³/mol. The average Bonchev–Trinajstić information content (AvgIpc) is 2.98. The molecule has 4 aromatic rings. The topological polar surface area (TPSA) is 98.0 Å². The van der Waals surface area contributed by atoms with Crippen molar-refractivity contribution in [2.24, 2.45) is 0 Å². The number of carbonyl (C=O) groups excluding carboxylic acids is 1. The molecule has 2 aromatic carbocycles. The number of hydrogen-bond acceptors (Lipinski definition) is 7. The molecule has 2 aromatic heterocycles. The zero-order valence-corrected chi connectivity index (χ0v) is 20.6. The van der Waals surface area contributed by atoms with Crippen molar-refractivity contribution in [1.82, 2.24) is 25.2 Å². The highest BCUT2D eigenvalue weighted by atomic mass is 16.1. The second-order valence-electron chi connectivity index (χ2n) is 8.88. The first-order chi connectivity index (χ1) is 18.1. The largest absolute Gasteiger partial charge is 0.355 e. The standard InChI is InChI=1S/C29H27N7O/c1-31-29(37)24-17-25(22-5-3-2-4-6-22)28(33-19-24)23-9-7-21(8-10-23)20-35-13-15-36(16-14-35)27-11-12-32-26(18-30)34-27/h2-12,17,19H,13-16,20H2,1H3,(H,31,37). The van der Waals surface area contributed by atoms with Gasteiger partial charge in [0.25, 0.3) is 5.91 Å². The number of pyridine rings is 1. The van der Waals surface area contributed by atoms with Crippen molar-refractivity contribution in [1.29, 1.82) is 5.26 Å². The Balaban J connectivity index is 1.29. The lowest BCUT2D eigenvalue weighted by Crippen LogP contribution is -2.46. The highest BCUT2D eigenvalue weighted by molar-refractivity contribution is 5.96. The minimum Gasteiger partial charge on any atom is -0.355 e. The molecule has 1 N–H and O–H groups in total. The number of piperazine rings is 1. The maximum atomic E-state index is 12.2. The molecule has 0 atom stereocenters. The van der Waals surface area contributed by atoms with Crippen LogP contribution >= 0.6 is 0 Å². The number of amides is 1. The van der Waals surface area contributed by atoms with Gasteiger partial charge >= 0.3 is 0 Å². The molecule has 0 radical (unpaired) electrons. The van der Waals surface area contributed by atoms with E-state index in [1.54, 1.807) is 19.4 Å². The first kappa shape index (κ1) is 24.1. The molecule has 0 aliphatic carbocycles. The zero-order chi connectivity index (χ0) is 25.6.